The summed E-state index contributed by atoms with van der Waals surface area (Å²) in [6, 6.07) is 2.53. The molecule has 1 atom stereocenters. The normalized spacial score (nSPS) is 17.3. The van der Waals surface area contributed by atoms with Crippen molar-refractivity contribution in [3.8, 4) is 0 Å². The van der Waals surface area contributed by atoms with Gasteiger partial charge >= 0.3 is 6.18 Å². The van der Waals surface area contributed by atoms with Gasteiger partial charge in [0.05, 0.1) is 28.4 Å². The number of fused-ring (bicyclic) bond motifs is 3. The summed E-state index contributed by atoms with van der Waals surface area (Å²) in [5.41, 5.74) is 1.94. The maximum Gasteiger partial charge on any atom is 0.433 e. The lowest BCUT2D eigenvalue weighted by atomic mass is 9.92. The summed E-state index contributed by atoms with van der Waals surface area (Å²) in [7, 11) is 1.88. The minimum atomic E-state index is -4.46. The summed E-state index contributed by atoms with van der Waals surface area (Å²) in [5, 5.41) is 0.452. The van der Waals surface area contributed by atoms with E-state index in [1.807, 2.05) is 11.9 Å². The van der Waals surface area contributed by atoms with E-state index in [2.05, 4.69) is 19.9 Å². The lowest BCUT2D eigenvalue weighted by Gasteiger charge is -2.31. The van der Waals surface area contributed by atoms with Gasteiger partial charge in [0.25, 0.3) is 0 Å². The summed E-state index contributed by atoms with van der Waals surface area (Å²) in [6.07, 6.45) is 0.742. The number of aromatic nitrogens is 4. The predicted octanol–water partition coefficient (Wildman–Crippen LogP) is 4.02. The van der Waals surface area contributed by atoms with Gasteiger partial charge < -0.3 is 9.88 Å². The van der Waals surface area contributed by atoms with Crippen molar-refractivity contribution >= 4 is 28.6 Å². The number of aryl methyl sites for hydroxylation is 1. The van der Waals surface area contributed by atoms with Gasteiger partial charge in [-0.1, -0.05) is 11.6 Å². The molecule has 3 aromatic heterocycles. The van der Waals surface area contributed by atoms with Crippen molar-refractivity contribution in [2.24, 2.45) is 0 Å². The highest BCUT2D eigenvalue weighted by molar-refractivity contribution is 6.30. The predicted molar refractivity (Wildman–Crippen MR) is 92.4 cm³/mol. The lowest BCUT2D eigenvalue weighted by molar-refractivity contribution is -0.140. The Bertz CT molecular complexity index is 951. The molecule has 0 aliphatic heterocycles. The van der Waals surface area contributed by atoms with Gasteiger partial charge in [0.2, 0.25) is 5.95 Å². The van der Waals surface area contributed by atoms with Crippen LogP contribution in [-0.2, 0) is 19.0 Å². The van der Waals surface area contributed by atoms with E-state index in [-0.39, 0.29) is 6.04 Å². The minimum absolute atomic E-state index is 0.0685. The molecule has 0 bridgehead atoms. The Kier molecular flexibility index (Phi) is 4.02. The first-order valence-corrected chi connectivity index (χ1v) is 8.49. The molecule has 0 amide bonds. The van der Waals surface area contributed by atoms with E-state index < -0.39 is 11.9 Å². The van der Waals surface area contributed by atoms with Crippen molar-refractivity contribution in [1.82, 2.24) is 19.9 Å². The van der Waals surface area contributed by atoms with Gasteiger partial charge in [-0.2, -0.15) is 13.2 Å². The first-order chi connectivity index (χ1) is 12.3. The number of alkyl halides is 3. The second-order valence-electron chi connectivity index (χ2n) is 6.38. The molecule has 26 heavy (non-hydrogen) atoms. The lowest BCUT2D eigenvalue weighted by Crippen LogP contribution is -2.37. The van der Waals surface area contributed by atoms with Crippen LogP contribution in [0.2, 0.25) is 5.02 Å². The number of pyridine rings is 1. The Morgan fingerprint density at radius 1 is 1.23 bits per heavy atom. The van der Waals surface area contributed by atoms with Crippen LogP contribution in [0.25, 0.3) is 11.0 Å². The first kappa shape index (κ1) is 17.1. The quantitative estimate of drug-likeness (QED) is 0.728. The highest BCUT2D eigenvalue weighted by Gasteiger charge is 2.34. The van der Waals surface area contributed by atoms with E-state index in [4.69, 9.17) is 11.6 Å². The van der Waals surface area contributed by atoms with Gasteiger partial charge in [-0.3, -0.25) is 0 Å². The average molecular weight is 382 g/mol. The Hall–Kier alpha value is -2.35. The number of halogens is 4. The molecule has 0 fully saturated rings. The van der Waals surface area contributed by atoms with E-state index in [9.17, 15) is 13.2 Å². The molecule has 0 spiro atoms. The van der Waals surface area contributed by atoms with Gasteiger partial charge in [0.1, 0.15) is 5.69 Å². The summed E-state index contributed by atoms with van der Waals surface area (Å²) < 4.78 is 39.0. The zero-order valence-electron chi connectivity index (χ0n) is 13.8. The average Bonchev–Trinajstić information content (AvgIpc) is 2.98. The SMILES string of the molecule is CN(c1ncc(Cl)cn1)C1CCc2[nH]c3ccc(C(F)(F)F)nc3c2C1. The van der Waals surface area contributed by atoms with Crippen LogP contribution in [0.15, 0.2) is 24.5 Å². The summed E-state index contributed by atoms with van der Waals surface area (Å²) in [6.45, 7) is 0. The van der Waals surface area contributed by atoms with Crippen LogP contribution >= 0.6 is 11.6 Å². The van der Waals surface area contributed by atoms with Crippen LogP contribution in [0, 0.1) is 0 Å². The van der Waals surface area contributed by atoms with Crippen LogP contribution in [0.4, 0.5) is 19.1 Å². The third-order valence-electron chi connectivity index (χ3n) is 4.76. The second kappa shape index (κ2) is 6.12. The molecular formula is C17H15ClF3N5. The minimum Gasteiger partial charge on any atom is -0.357 e. The number of aromatic amines is 1. The highest BCUT2D eigenvalue weighted by atomic mass is 35.5. The molecule has 3 aromatic rings. The van der Waals surface area contributed by atoms with Crippen LogP contribution in [0.3, 0.4) is 0 Å². The molecule has 4 rings (SSSR count). The maximum atomic E-state index is 13.0. The third kappa shape index (κ3) is 2.98. The highest BCUT2D eigenvalue weighted by Crippen LogP contribution is 2.34. The standard InChI is InChI=1S/C17H15ClF3N5/c1-26(16-22-7-9(18)8-23-16)10-2-3-12-11(6-10)15-13(24-12)4-5-14(25-15)17(19,20)21/h4-5,7-8,10,24H,2-3,6H2,1H3. The molecule has 1 unspecified atom stereocenters. The van der Waals surface area contributed by atoms with E-state index in [0.29, 0.717) is 28.4 Å². The third-order valence-corrected chi connectivity index (χ3v) is 4.95. The molecule has 0 aromatic carbocycles. The fourth-order valence-corrected chi connectivity index (χ4v) is 3.49. The molecule has 1 N–H and O–H groups in total. The summed E-state index contributed by atoms with van der Waals surface area (Å²) >= 11 is 5.82. The van der Waals surface area contributed by atoms with Crippen molar-refractivity contribution in [3.63, 3.8) is 0 Å². The molecule has 0 saturated carbocycles. The van der Waals surface area contributed by atoms with E-state index in [1.54, 1.807) is 0 Å². The summed E-state index contributed by atoms with van der Waals surface area (Å²) in [4.78, 5) is 17.4. The van der Waals surface area contributed by atoms with Crippen molar-refractivity contribution < 1.29 is 13.2 Å². The van der Waals surface area contributed by atoms with E-state index in [1.165, 1.54) is 18.5 Å². The van der Waals surface area contributed by atoms with E-state index >= 15 is 0 Å². The molecule has 1 aliphatic carbocycles. The molecule has 0 radical (unpaired) electrons. The zero-order valence-corrected chi connectivity index (χ0v) is 14.6. The molecule has 3 heterocycles. The largest absolute Gasteiger partial charge is 0.433 e. The zero-order chi connectivity index (χ0) is 18.5. The Balaban J connectivity index is 1.67. The van der Waals surface area contributed by atoms with Gasteiger partial charge in [0, 0.05) is 24.3 Å². The summed E-state index contributed by atoms with van der Waals surface area (Å²) in [5.74, 6) is 0.534. The molecule has 5 nitrogen and oxygen atoms in total. The van der Waals surface area contributed by atoms with Gasteiger partial charge in [-0.25, -0.2) is 15.0 Å². The van der Waals surface area contributed by atoms with Crippen LogP contribution in [0.1, 0.15) is 23.4 Å². The number of hydrogen-bond acceptors (Lipinski definition) is 4. The van der Waals surface area contributed by atoms with Crippen molar-refractivity contribution in [2.75, 3.05) is 11.9 Å². The molecular weight excluding hydrogens is 367 g/mol. The number of likely N-dealkylation sites (N-methyl/N-ethyl adjacent to an activating group) is 1. The van der Waals surface area contributed by atoms with Crippen LogP contribution in [-0.4, -0.2) is 33.0 Å². The molecule has 9 heteroatoms. The molecule has 136 valence electrons. The number of nitrogens with zero attached hydrogens (tertiary/aromatic N) is 4. The molecule has 1 aliphatic rings. The van der Waals surface area contributed by atoms with Crippen LogP contribution < -0.4 is 4.90 Å². The van der Waals surface area contributed by atoms with Gasteiger partial charge in [-0.05, 0) is 31.4 Å². The van der Waals surface area contributed by atoms with Crippen LogP contribution in [0.5, 0.6) is 0 Å². The number of H-pyrrole nitrogens is 1. The van der Waals surface area contributed by atoms with E-state index in [0.717, 1.165) is 30.2 Å². The smallest absolute Gasteiger partial charge is 0.357 e. The second-order valence-corrected chi connectivity index (χ2v) is 6.82. The molecule has 0 saturated heterocycles. The maximum absolute atomic E-state index is 13.0. The topological polar surface area (TPSA) is 57.7 Å². The van der Waals surface area contributed by atoms with Crippen molar-refractivity contribution in [2.45, 2.75) is 31.5 Å². The fourth-order valence-electron chi connectivity index (χ4n) is 3.39. The number of hydrogen-bond donors (Lipinski definition) is 1. The van der Waals surface area contributed by atoms with Gasteiger partial charge in [-0.15, -0.1) is 0 Å². The van der Waals surface area contributed by atoms with Crippen molar-refractivity contribution in [1.29, 1.82) is 0 Å². The Morgan fingerprint density at radius 3 is 2.65 bits per heavy atom. The number of rotatable bonds is 2. The number of nitrogens with one attached hydrogen (secondary N) is 1. The Labute approximate surface area is 152 Å². The van der Waals surface area contributed by atoms with Gasteiger partial charge in [0.15, 0.2) is 0 Å². The first-order valence-electron chi connectivity index (χ1n) is 8.11. The fraction of sp³-hybridized carbons (Fsp3) is 0.353. The van der Waals surface area contributed by atoms with Crippen molar-refractivity contribution in [3.05, 3.63) is 46.5 Å². The Morgan fingerprint density at radius 2 is 1.96 bits per heavy atom. The number of anilines is 1. The monoisotopic (exact) mass is 381 g/mol.